The van der Waals surface area contributed by atoms with Crippen molar-refractivity contribution in [3.05, 3.63) is 56.3 Å². The number of aliphatic hydroxyl groups is 1. The zero-order valence-electron chi connectivity index (χ0n) is 11.6. The van der Waals surface area contributed by atoms with E-state index in [2.05, 4.69) is 38.1 Å². The minimum Gasteiger partial charge on any atom is -0.387 e. The fourth-order valence-corrected chi connectivity index (χ4v) is 4.01. The molecule has 0 spiro atoms. The summed E-state index contributed by atoms with van der Waals surface area (Å²) in [5.41, 5.74) is 5.31. The Morgan fingerprint density at radius 3 is 2.74 bits per heavy atom. The number of benzene rings is 1. The zero-order chi connectivity index (χ0) is 13.4. The van der Waals surface area contributed by atoms with E-state index in [9.17, 15) is 5.11 Å². The van der Waals surface area contributed by atoms with Crippen molar-refractivity contribution in [2.75, 3.05) is 0 Å². The number of thiophene rings is 1. The molecule has 19 heavy (non-hydrogen) atoms. The molecule has 0 bridgehead atoms. The molecule has 1 aliphatic rings. The van der Waals surface area contributed by atoms with E-state index >= 15 is 0 Å². The third kappa shape index (κ3) is 2.60. The Hall–Kier alpha value is -1.12. The minimum absolute atomic E-state index is 0.349. The molecule has 1 atom stereocenters. The Labute approximate surface area is 118 Å². The van der Waals surface area contributed by atoms with E-state index in [-0.39, 0.29) is 6.10 Å². The van der Waals surface area contributed by atoms with Gasteiger partial charge in [-0.15, -0.1) is 11.3 Å². The topological polar surface area (TPSA) is 20.2 Å². The fraction of sp³-hybridized carbons (Fsp3) is 0.412. The molecule has 0 amide bonds. The van der Waals surface area contributed by atoms with Crippen LogP contribution in [0.25, 0.3) is 0 Å². The first-order valence-corrected chi connectivity index (χ1v) is 7.81. The Balaban J connectivity index is 1.76. The fourth-order valence-electron chi connectivity index (χ4n) is 2.77. The smallest absolute Gasteiger partial charge is 0.0922 e. The number of rotatable bonds is 3. The molecule has 1 unspecified atom stereocenters. The molecule has 0 radical (unpaired) electrons. The van der Waals surface area contributed by atoms with Crippen molar-refractivity contribution in [2.24, 2.45) is 0 Å². The summed E-state index contributed by atoms with van der Waals surface area (Å²) in [6, 6.07) is 8.69. The Kier molecular flexibility index (Phi) is 3.46. The molecule has 1 aliphatic carbocycles. The van der Waals surface area contributed by atoms with Crippen LogP contribution in [-0.2, 0) is 19.3 Å². The van der Waals surface area contributed by atoms with Gasteiger partial charge in [-0.2, -0.15) is 0 Å². The molecule has 100 valence electrons. The van der Waals surface area contributed by atoms with E-state index in [1.807, 2.05) is 0 Å². The van der Waals surface area contributed by atoms with Gasteiger partial charge >= 0.3 is 0 Å². The monoisotopic (exact) mass is 272 g/mol. The average molecular weight is 272 g/mol. The van der Waals surface area contributed by atoms with E-state index in [1.54, 1.807) is 11.3 Å². The maximum Gasteiger partial charge on any atom is 0.0922 e. The maximum absolute atomic E-state index is 10.4. The third-order valence-electron chi connectivity index (χ3n) is 4.09. The summed E-state index contributed by atoms with van der Waals surface area (Å²) >= 11 is 1.81. The highest BCUT2D eigenvalue weighted by Crippen LogP contribution is 2.34. The number of aliphatic hydroxyl groups excluding tert-OH is 1. The molecule has 0 fully saturated rings. The average Bonchev–Trinajstić information content (AvgIpc) is 2.94. The third-order valence-corrected chi connectivity index (χ3v) is 5.43. The highest BCUT2D eigenvalue weighted by molar-refractivity contribution is 7.12. The van der Waals surface area contributed by atoms with E-state index in [1.165, 1.54) is 46.4 Å². The molecule has 1 nitrogen and oxygen atoms in total. The molecule has 0 aliphatic heterocycles. The first kappa shape index (κ1) is 12.9. The van der Waals surface area contributed by atoms with Crippen LogP contribution in [0.4, 0.5) is 0 Å². The van der Waals surface area contributed by atoms with Crippen LogP contribution in [0.2, 0.25) is 0 Å². The molecular weight excluding hydrogens is 252 g/mol. The van der Waals surface area contributed by atoms with Crippen LogP contribution in [0.15, 0.2) is 24.3 Å². The molecule has 1 N–H and O–H groups in total. The maximum atomic E-state index is 10.4. The van der Waals surface area contributed by atoms with Gasteiger partial charge in [-0.3, -0.25) is 0 Å². The molecule has 2 heteroatoms. The van der Waals surface area contributed by atoms with Gasteiger partial charge in [0.25, 0.3) is 0 Å². The van der Waals surface area contributed by atoms with Crippen molar-refractivity contribution >= 4 is 11.3 Å². The summed E-state index contributed by atoms with van der Waals surface area (Å²) in [5, 5.41) is 10.4. The summed E-state index contributed by atoms with van der Waals surface area (Å²) in [6.45, 7) is 4.25. The van der Waals surface area contributed by atoms with Gasteiger partial charge in [0.15, 0.2) is 0 Å². The molecule has 1 aromatic heterocycles. The predicted octanol–water partition coefficient (Wildman–Crippen LogP) is 4.13. The Morgan fingerprint density at radius 1 is 1.16 bits per heavy atom. The van der Waals surface area contributed by atoms with Crippen LogP contribution in [-0.4, -0.2) is 5.11 Å². The molecule has 2 aromatic rings. The molecule has 0 saturated carbocycles. The van der Waals surface area contributed by atoms with Crippen LogP contribution in [0, 0.1) is 13.8 Å². The minimum atomic E-state index is -0.349. The zero-order valence-corrected chi connectivity index (χ0v) is 12.4. The Morgan fingerprint density at radius 2 is 2.00 bits per heavy atom. The summed E-state index contributed by atoms with van der Waals surface area (Å²) in [7, 11) is 0. The summed E-state index contributed by atoms with van der Waals surface area (Å²) in [4.78, 5) is 2.64. The summed E-state index contributed by atoms with van der Waals surface area (Å²) in [5.74, 6) is 0. The number of aryl methyl sites for hydroxylation is 4. The molecular formula is C17H20OS. The molecule has 0 saturated heterocycles. The van der Waals surface area contributed by atoms with Crippen molar-refractivity contribution in [3.63, 3.8) is 0 Å². The van der Waals surface area contributed by atoms with Crippen molar-refractivity contribution in [1.82, 2.24) is 0 Å². The number of hydrogen-bond donors (Lipinski definition) is 1. The number of hydrogen-bond acceptors (Lipinski definition) is 2. The first-order valence-electron chi connectivity index (χ1n) is 6.99. The van der Waals surface area contributed by atoms with Gasteiger partial charge in [0.2, 0.25) is 0 Å². The van der Waals surface area contributed by atoms with Crippen molar-refractivity contribution in [2.45, 2.75) is 45.6 Å². The lowest BCUT2D eigenvalue weighted by atomic mass is 10.0. The van der Waals surface area contributed by atoms with Crippen LogP contribution in [0.5, 0.6) is 0 Å². The lowest BCUT2D eigenvalue weighted by Crippen LogP contribution is -2.00. The van der Waals surface area contributed by atoms with E-state index < -0.39 is 0 Å². The van der Waals surface area contributed by atoms with Crippen molar-refractivity contribution in [3.8, 4) is 0 Å². The highest BCUT2D eigenvalue weighted by Gasteiger charge is 2.19. The second-order valence-corrected chi connectivity index (χ2v) is 6.76. The van der Waals surface area contributed by atoms with E-state index in [4.69, 9.17) is 0 Å². The lowest BCUT2D eigenvalue weighted by molar-refractivity contribution is 0.182. The standard InChI is InChI=1S/C17H20OS/c1-11-6-7-13(8-12(11)2)9-15(18)17-10-14-4-3-5-16(14)19-17/h6-8,10,15,18H,3-5,9H2,1-2H3. The van der Waals surface area contributed by atoms with Gasteiger partial charge < -0.3 is 5.11 Å². The molecule has 1 aromatic carbocycles. The lowest BCUT2D eigenvalue weighted by Gasteiger charge is -2.10. The quantitative estimate of drug-likeness (QED) is 0.890. The van der Waals surface area contributed by atoms with Gasteiger partial charge in [-0.1, -0.05) is 18.2 Å². The molecule has 1 heterocycles. The molecule has 3 rings (SSSR count). The normalized spacial score (nSPS) is 15.5. The SMILES string of the molecule is Cc1ccc(CC(O)c2cc3c(s2)CCC3)cc1C. The van der Waals surface area contributed by atoms with Gasteiger partial charge in [0, 0.05) is 16.2 Å². The largest absolute Gasteiger partial charge is 0.387 e. The predicted molar refractivity (Wildman–Crippen MR) is 80.9 cm³/mol. The van der Waals surface area contributed by atoms with Crippen LogP contribution < -0.4 is 0 Å². The second kappa shape index (κ2) is 5.10. The van der Waals surface area contributed by atoms with E-state index in [0.29, 0.717) is 0 Å². The van der Waals surface area contributed by atoms with Crippen LogP contribution >= 0.6 is 11.3 Å². The summed E-state index contributed by atoms with van der Waals surface area (Å²) < 4.78 is 0. The van der Waals surface area contributed by atoms with E-state index in [0.717, 1.165) is 11.3 Å². The first-order chi connectivity index (χ1) is 9.13. The highest BCUT2D eigenvalue weighted by atomic mass is 32.1. The van der Waals surface area contributed by atoms with Crippen LogP contribution in [0.1, 0.15) is 44.5 Å². The van der Waals surface area contributed by atoms with Crippen molar-refractivity contribution < 1.29 is 5.11 Å². The van der Waals surface area contributed by atoms with Crippen LogP contribution in [0.3, 0.4) is 0 Å². The van der Waals surface area contributed by atoms with Gasteiger partial charge in [0.1, 0.15) is 0 Å². The van der Waals surface area contributed by atoms with Crippen molar-refractivity contribution in [1.29, 1.82) is 0 Å². The summed E-state index contributed by atoms with van der Waals surface area (Å²) in [6.07, 6.45) is 4.06. The number of fused-ring (bicyclic) bond motifs is 1. The van der Waals surface area contributed by atoms with Gasteiger partial charge in [-0.05, 0) is 61.4 Å². The Bertz CT molecular complexity index is 576. The van der Waals surface area contributed by atoms with Gasteiger partial charge in [-0.25, -0.2) is 0 Å². The second-order valence-electron chi connectivity index (χ2n) is 5.59. The van der Waals surface area contributed by atoms with Gasteiger partial charge in [0.05, 0.1) is 6.10 Å².